The molecule has 5 heteroatoms. The van der Waals surface area contributed by atoms with Gasteiger partial charge < -0.3 is 19.8 Å². The van der Waals surface area contributed by atoms with Gasteiger partial charge in [0.05, 0.1) is 18.2 Å². The Kier molecular flexibility index (Phi) is 5.68. The molecule has 0 spiro atoms. The fraction of sp³-hybridized carbons (Fsp3) is 0.444. The third kappa shape index (κ3) is 3.79. The SMILES string of the molecule is COc1ccc(C2(CNC(=O)c3cccc4c5c([nH]c34)CC[C@@H](C)C5)CCOCC2)cc1. The number of amides is 1. The molecule has 1 aliphatic carbocycles. The molecule has 1 atom stereocenters. The van der Waals surface area contributed by atoms with Crippen LogP contribution in [0.2, 0.25) is 0 Å². The summed E-state index contributed by atoms with van der Waals surface area (Å²) in [5.41, 5.74) is 5.52. The molecule has 2 aromatic carbocycles. The Bertz CT molecular complexity index is 1110. The smallest absolute Gasteiger partial charge is 0.253 e. The predicted molar refractivity (Wildman–Crippen MR) is 127 cm³/mol. The number of para-hydroxylation sites is 1. The fourth-order valence-corrected chi connectivity index (χ4v) is 5.42. The van der Waals surface area contributed by atoms with Crippen LogP contribution in [-0.2, 0) is 23.0 Å². The molecule has 168 valence electrons. The van der Waals surface area contributed by atoms with E-state index in [2.05, 4.69) is 35.4 Å². The number of carbonyl (C=O) groups excluding carboxylic acids is 1. The lowest BCUT2D eigenvalue weighted by Crippen LogP contribution is -2.44. The van der Waals surface area contributed by atoms with Gasteiger partial charge in [0.15, 0.2) is 0 Å². The molecular formula is C27H32N2O3. The average Bonchev–Trinajstić information content (AvgIpc) is 3.21. The normalized spacial score (nSPS) is 20.0. The zero-order valence-electron chi connectivity index (χ0n) is 19.0. The van der Waals surface area contributed by atoms with Crippen LogP contribution in [0.3, 0.4) is 0 Å². The molecule has 3 aromatic rings. The first-order valence-electron chi connectivity index (χ1n) is 11.7. The van der Waals surface area contributed by atoms with Crippen LogP contribution in [0.4, 0.5) is 0 Å². The summed E-state index contributed by atoms with van der Waals surface area (Å²) in [4.78, 5) is 17.0. The minimum atomic E-state index is -0.127. The van der Waals surface area contributed by atoms with Gasteiger partial charge in [-0.25, -0.2) is 0 Å². The van der Waals surface area contributed by atoms with Crippen molar-refractivity contribution < 1.29 is 14.3 Å². The summed E-state index contributed by atoms with van der Waals surface area (Å²) in [7, 11) is 1.68. The standard InChI is InChI=1S/C27H32N2O3/c1-18-6-11-24-23(16-18)21-4-3-5-22(25(21)29-24)26(30)28-17-27(12-14-32-15-13-27)19-7-9-20(31-2)10-8-19/h3-5,7-10,18,29H,6,11-17H2,1-2H3,(H,28,30)/t18-/m1/s1. The number of aromatic amines is 1. The summed E-state index contributed by atoms with van der Waals surface area (Å²) in [6, 6.07) is 14.3. The number of benzene rings is 2. The van der Waals surface area contributed by atoms with Crippen LogP contribution >= 0.6 is 0 Å². The van der Waals surface area contributed by atoms with E-state index in [0.717, 1.165) is 42.5 Å². The van der Waals surface area contributed by atoms with Crippen molar-refractivity contribution in [3.8, 4) is 5.75 Å². The Balaban J connectivity index is 1.41. The second kappa shape index (κ2) is 8.62. The van der Waals surface area contributed by atoms with Crippen LogP contribution in [0.15, 0.2) is 42.5 Å². The molecule has 5 rings (SSSR count). The zero-order valence-corrected chi connectivity index (χ0v) is 19.0. The van der Waals surface area contributed by atoms with E-state index >= 15 is 0 Å². The molecule has 0 unspecified atom stereocenters. The third-order valence-electron chi connectivity index (χ3n) is 7.45. The van der Waals surface area contributed by atoms with E-state index in [4.69, 9.17) is 9.47 Å². The average molecular weight is 433 g/mol. The van der Waals surface area contributed by atoms with E-state index in [9.17, 15) is 4.79 Å². The number of rotatable bonds is 5. The first-order chi connectivity index (χ1) is 15.6. The van der Waals surface area contributed by atoms with E-state index in [1.807, 2.05) is 24.3 Å². The second-order valence-electron chi connectivity index (χ2n) is 9.46. The number of hydrogen-bond donors (Lipinski definition) is 2. The van der Waals surface area contributed by atoms with Gasteiger partial charge in [-0.15, -0.1) is 0 Å². The highest BCUT2D eigenvalue weighted by Gasteiger charge is 2.35. The van der Waals surface area contributed by atoms with Crippen molar-refractivity contribution in [1.82, 2.24) is 10.3 Å². The Morgan fingerprint density at radius 1 is 1.19 bits per heavy atom. The maximum Gasteiger partial charge on any atom is 0.253 e. The number of nitrogens with one attached hydrogen (secondary N) is 2. The summed E-state index contributed by atoms with van der Waals surface area (Å²) in [6.45, 7) is 4.32. The third-order valence-corrected chi connectivity index (χ3v) is 7.45. The quantitative estimate of drug-likeness (QED) is 0.610. The fourth-order valence-electron chi connectivity index (χ4n) is 5.42. The molecule has 0 radical (unpaired) electrons. The lowest BCUT2D eigenvalue weighted by atomic mass is 9.74. The van der Waals surface area contributed by atoms with E-state index < -0.39 is 0 Å². The van der Waals surface area contributed by atoms with Crippen LogP contribution in [0.5, 0.6) is 5.75 Å². The molecule has 0 saturated carbocycles. The highest BCUT2D eigenvalue weighted by atomic mass is 16.5. The molecule has 2 heterocycles. The monoisotopic (exact) mass is 432 g/mol. The maximum absolute atomic E-state index is 13.4. The Morgan fingerprint density at radius 2 is 1.97 bits per heavy atom. The molecule has 1 aliphatic heterocycles. The highest BCUT2D eigenvalue weighted by molar-refractivity contribution is 6.06. The van der Waals surface area contributed by atoms with E-state index in [0.29, 0.717) is 25.7 Å². The maximum atomic E-state index is 13.4. The summed E-state index contributed by atoms with van der Waals surface area (Å²) in [5, 5.41) is 4.48. The van der Waals surface area contributed by atoms with Crippen LogP contribution < -0.4 is 10.1 Å². The van der Waals surface area contributed by atoms with Gasteiger partial charge in [0.25, 0.3) is 5.91 Å². The largest absolute Gasteiger partial charge is 0.497 e. The summed E-state index contributed by atoms with van der Waals surface area (Å²) in [5.74, 6) is 1.52. The number of aryl methyl sites for hydroxylation is 1. The Hall–Kier alpha value is -2.79. The van der Waals surface area contributed by atoms with E-state index in [1.165, 1.54) is 28.6 Å². The molecule has 1 fully saturated rings. The van der Waals surface area contributed by atoms with E-state index in [1.54, 1.807) is 7.11 Å². The minimum absolute atomic E-state index is 0.0124. The summed E-state index contributed by atoms with van der Waals surface area (Å²) < 4.78 is 11.0. The van der Waals surface area contributed by atoms with Crippen molar-refractivity contribution >= 4 is 16.8 Å². The van der Waals surface area contributed by atoms with Gasteiger partial charge in [-0.2, -0.15) is 0 Å². The van der Waals surface area contributed by atoms with Crippen molar-refractivity contribution in [2.75, 3.05) is 26.9 Å². The summed E-state index contributed by atoms with van der Waals surface area (Å²) in [6.07, 6.45) is 5.12. The molecule has 32 heavy (non-hydrogen) atoms. The Morgan fingerprint density at radius 3 is 2.72 bits per heavy atom. The van der Waals surface area contributed by atoms with Gasteiger partial charge in [-0.1, -0.05) is 31.2 Å². The van der Waals surface area contributed by atoms with Gasteiger partial charge in [0.2, 0.25) is 0 Å². The van der Waals surface area contributed by atoms with Gasteiger partial charge in [0.1, 0.15) is 5.75 Å². The van der Waals surface area contributed by atoms with Gasteiger partial charge >= 0.3 is 0 Å². The number of methoxy groups -OCH3 is 1. The molecule has 5 nitrogen and oxygen atoms in total. The summed E-state index contributed by atoms with van der Waals surface area (Å²) >= 11 is 0. The van der Waals surface area contributed by atoms with Crippen molar-refractivity contribution in [2.24, 2.45) is 5.92 Å². The van der Waals surface area contributed by atoms with Crippen molar-refractivity contribution in [3.63, 3.8) is 0 Å². The van der Waals surface area contributed by atoms with E-state index in [-0.39, 0.29) is 11.3 Å². The molecule has 2 N–H and O–H groups in total. The molecule has 1 amide bonds. The van der Waals surface area contributed by atoms with Crippen molar-refractivity contribution in [3.05, 3.63) is 64.8 Å². The van der Waals surface area contributed by atoms with Crippen LogP contribution in [0.1, 0.15) is 53.4 Å². The van der Waals surface area contributed by atoms with Gasteiger partial charge in [-0.05, 0) is 67.3 Å². The lowest BCUT2D eigenvalue weighted by molar-refractivity contribution is 0.0487. The minimum Gasteiger partial charge on any atom is -0.497 e. The zero-order chi connectivity index (χ0) is 22.1. The molecular weight excluding hydrogens is 400 g/mol. The number of aromatic nitrogens is 1. The number of H-pyrrole nitrogens is 1. The molecule has 1 saturated heterocycles. The molecule has 2 aliphatic rings. The van der Waals surface area contributed by atoms with Crippen molar-refractivity contribution in [1.29, 1.82) is 0 Å². The number of hydrogen-bond acceptors (Lipinski definition) is 3. The lowest BCUT2D eigenvalue weighted by Gasteiger charge is -2.38. The van der Waals surface area contributed by atoms with Crippen molar-refractivity contribution in [2.45, 2.75) is 44.4 Å². The molecule has 0 bridgehead atoms. The molecule has 1 aromatic heterocycles. The Labute approximate surface area is 189 Å². The van der Waals surface area contributed by atoms with Crippen LogP contribution in [-0.4, -0.2) is 37.8 Å². The topological polar surface area (TPSA) is 63.3 Å². The highest BCUT2D eigenvalue weighted by Crippen LogP contribution is 2.36. The van der Waals surface area contributed by atoms with Gasteiger partial charge in [0, 0.05) is 36.3 Å². The van der Waals surface area contributed by atoms with Gasteiger partial charge in [-0.3, -0.25) is 4.79 Å². The first-order valence-corrected chi connectivity index (χ1v) is 11.7. The number of carbonyl (C=O) groups is 1. The first kappa shape index (κ1) is 21.1. The number of fused-ring (bicyclic) bond motifs is 3. The van der Waals surface area contributed by atoms with Crippen LogP contribution in [0.25, 0.3) is 10.9 Å². The number of ether oxygens (including phenoxy) is 2. The van der Waals surface area contributed by atoms with Crippen LogP contribution in [0, 0.1) is 5.92 Å². The predicted octanol–water partition coefficient (Wildman–Crippen LogP) is 4.78. The second-order valence-corrected chi connectivity index (χ2v) is 9.46.